The summed E-state index contributed by atoms with van der Waals surface area (Å²) in [5, 5.41) is 12.5. The molecule has 3 aliphatic rings. The van der Waals surface area contributed by atoms with Gasteiger partial charge in [-0.05, 0) is 43.9 Å². The van der Waals surface area contributed by atoms with Crippen LogP contribution in [0.15, 0.2) is 0 Å². The zero-order valence-electron chi connectivity index (χ0n) is 12.5. The van der Waals surface area contributed by atoms with Gasteiger partial charge in [0, 0.05) is 12.1 Å². The van der Waals surface area contributed by atoms with Crippen LogP contribution >= 0.6 is 0 Å². The number of amides is 1. The van der Waals surface area contributed by atoms with Gasteiger partial charge in [0.15, 0.2) is 0 Å². The van der Waals surface area contributed by atoms with E-state index in [0.717, 1.165) is 51.4 Å². The average molecular weight is 294 g/mol. The van der Waals surface area contributed by atoms with E-state index in [-0.39, 0.29) is 29.8 Å². The summed E-state index contributed by atoms with van der Waals surface area (Å²) in [6.07, 6.45) is 8.03. The van der Waals surface area contributed by atoms with Crippen molar-refractivity contribution in [2.45, 2.75) is 63.5 Å². The second-order valence-corrected chi connectivity index (χ2v) is 7.14. The fourth-order valence-corrected chi connectivity index (χ4v) is 4.79. The molecule has 21 heavy (non-hydrogen) atoms. The highest BCUT2D eigenvalue weighted by Crippen LogP contribution is 2.48. The zero-order chi connectivity index (χ0) is 15.0. The molecule has 3 fully saturated rings. The van der Waals surface area contributed by atoms with Gasteiger partial charge in [0.1, 0.15) is 0 Å². The fraction of sp³-hybridized carbons (Fsp3) is 0.875. The Hall–Kier alpha value is -1.10. The van der Waals surface area contributed by atoms with E-state index in [1.165, 1.54) is 0 Å². The van der Waals surface area contributed by atoms with Crippen molar-refractivity contribution in [2.24, 2.45) is 29.4 Å². The van der Waals surface area contributed by atoms with Crippen molar-refractivity contribution in [3.63, 3.8) is 0 Å². The number of nitrogens with two attached hydrogens (primary N) is 1. The predicted octanol–water partition coefficient (Wildman–Crippen LogP) is 1.51. The molecule has 5 nitrogen and oxygen atoms in total. The second kappa shape index (κ2) is 5.95. The molecule has 3 aliphatic carbocycles. The summed E-state index contributed by atoms with van der Waals surface area (Å²) in [5.74, 6) is -0.690. The van der Waals surface area contributed by atoms with E-state index in [1.807, 2.05) is 0 Å². The number of nitrogens with one attached hydrogen (secondary N) is 1. The number of hydrogen-bond acceptors (Lipinski definition) is 3. The molecule has 5 heteroatoms. The van der Waals surface area contributed by atoms with Crippen LogP contribution in [-0.2, 0) is 9.59 Å². The first kappa shape index (κ1) is 14.8. The molecule has 4 N–H and O–H groups in total. The monoisotopic (exact) mass is 294 g/mol. The lowest BCUT2D eigenvalue weighted by Crippen LogP contribution is -2.51. The molecule has 6 atom stereocenters. The molecule has 6 unspecified atom stereocenters. The SMILES string of the molecule is NC1CCCCCC1C(=O)NC1C2CCC(C2)C1C(=O)O. The highest BCUT2D eigenvalue weighted by atomic mass is 16.4. The number of hydrogen-bond donors (Lipinski definition) is 3. The summed E-state index contributed by atoms with van der Waals surface area (Å²) in [5.41, 5.74) is 6.15. The minimum Gasteiger partial charge on any atom is -0.481 e. The van der Waals surface area contributed by atoms with Crippen LogP contribution in [0.1, 0.15) is 51.4 Å². The topological polar surface area (TPSA) is 92.4 Å². The fourth-order valence-electron chi connectivity index (χ4n) is 4.79. The number of aliphatic carboxylic acids is 1. The van der Waals surface area contributed by atoms with Gasteiger partial charge in [-0.3, -0.25) is 9.59 Å². The Morgan fingerprint density at radius 3 is 2.48 bits per heavy atom. The molecule has 0 saturated heterocycles. The lowest BCUT2D eigenvalue weighted by Gasteiger charge is -2.31. The van der Waals surface area contributed by atoms with Crippen LogP contribution in [-0.4, -0.2) is 29.1 Å². The van der Waals surface area contributed by atoms with Crippen LogP contribution in [0.4, 0.5) is 0 Å². The summed E-state index contributed by atoms with van der Waals surface area (Å²) in [4.78, 5) is 24.1. The van der Waals surface area contributed by atoms with Gasteiger partial charge in [0.25, 0.3) is 0 Å². The van der Waals surface area contributed by atoms with Crippen molar-refractivity contribution >= 4 is 11.9 Å². The molecule has 0 aromatic rings. The van der Waals surface area contributed by atoms with Crippen molar-refractivity contribution in [1.29, 1.82) is 0 Å². The Morgan fingerprint density at radius 1 is 1.00 bits per heavy atom. The summed E-state index contributed by atoms with van der Waals surface area (Å²) in [7, 11) is 0. The molecule has 0 spiro atoms. The third-order valence-electron chi connectivity index (χ3n) is 5.92. The number of carbonyl (C=O) groups excluding carboxylic acids is 1. The van der Waals surface area contributed by atoms with Crippen molar-refractivity contribution < 1.29 is 14.7 Å². The van der Waals surface area contributed by atoms with Crippen molar-refractivity contribution in [3.05, 3.63) is 0 Å². The maximum absolute atomic E-state index is 12.6. The first-order valence-corrected chi connectivity index (χ1v) is 8.36. The Kier molecular flexibility index (Phi) is 4.20. The second-order valence-electron chi connectivity index (χ2n) is 7.14. The molecule has 0 radical (unpaired) electrons. The minimum absolute atomic E-state index is 0.00630. The number of rotatable bonds is 3. The third-order valence-corrected chi connectivity index (χ3v) is 5.92. The van der Waals surface area contributed by atoms with Gasteiger partial charge in [-0.2, -0.15) is 0 Å². The predicted molar refractivity (Wildman–Crippen MR) is 78.4 cm³/mol. The minimum atomic E-state index is -0.752. The molecule has 3 saturated carbocycles. The van der Waals surface area contributed by atoms with Gasteiger partial charge in [-0.25, -0.2) is 0 Å². The van der Waals surface area contributed by atoms with Crippen LogP contribution < -0.4 is 11.1 Å². The van der Waals surface area contributed by atoms with E-state index in [1.54, 1.807) is 0 Å². The normalized spacial score (nSPS) is 42.5. The standard InChI is InChI=1S/C16H26N2O3/c17-12-5-3-1-2-4-11(12)15(19)18-14-10-7-6-9(8-10)13(14)16(20)21/h9-14H,1-8,17H2,(H,18,19)(H,20,21). The Bertz CT molecular complexity index is 426. The molecular formula is C16H26N2O3. The van der Waals surface area contributed by atoms with E-state index in [4.69, 9.17) is 5.73 Å². The summed E-state index contributed by atoms with van der Waals surface area (Å²) in [6, 6.07) is -0.251. The van der Waals surface area contributed by atoms with Crippen molar-refractivity contribution in [1.82, 2.24) is 5.32 Å². The van der Waals surface area contributed by atoms with Gasteiger partial charge in [-0.1, -0.05) is 19.3 Å². The Balaban J connectivity index is 1.67. The Labute approximate surface area is 125 Å². The van der Waals surface area contributed by atoms with E-state index in [2.05, 4.69) is 5.32 Å². The molecule has 0 aromatic heterocycles. The van der Waals surface area contributed by atoms with Gasteiger partial charge < -0.3 is 16.2 Å². The van der Waals surface area contributed by atoms with E-state index in [9.17, 15) is 14.7 Å². The van der Waals surface area contributed by atoms with Crippen LogP contribution in [0, 0.1) is 23.7 Å². The smallest absolute Gasteiger partial charge is 0.308 e. The molecule has 2 bridgehead atoms. The van der Waals surface area contributed by atoms with Crippen LogP contribution in [0.25, 0.3) is 0 Å². The lowest BCUT2D eigenvalue weighted by atomic mass is 9.83. The average Bonchev–Trinajstić information content (AvgIpc) is 2.96. The summed E-state index contributed by atoms with van der Waals surface area (Å²) < 4.78 is 0. The molecule has 3 rings (SSSR count). The highest BCUT2D eigenvalue weighted by Gasteiger charge is 2.52. The first-order valence-electron chi connectivity index (χ1n) is 8.36. The van der Waals surface area contributed by atoms with Crippen molar-refractivity contribution in [2.75, 3.05) is 0 Å². The van der Waals surface area contributed by atoms with Gasteiger partial charge in [0.2, 0.25) is 5.91 Å². The van der Waals surface area contributed by atoms with Gasteiger partial charge in [0.05, 0.1) is 11.8 Å². The molecule has 0 aliphatic heterocycles. The third kappa shape index (κ3) is 2.80. The molecular weight excluding hydrogens is 268 g/mol. The van der Waals surface area contributed by atoms with Gasteiger partial charge >= 0.3 is 5.97 Å². The number of fused-ring (bicyclic) bond motifs is 2. The van der Waals surface area contributed by atoms with Crippen molar-refractivity contribution in [3.8, 4) is 0 Å². The number of carboxylic acid groups (broad SMARTS) is 1. The quantitative estimate of drug-likeness (QED) is 0.688. The maximum atomic E-state index is 12.6. The van der Waals surface area contributed by atoms with Crippen LogP contribution in [0.5, 0.6) is 0 Å². The largest absolute Gasteiger partial charge is 0.481 e. The number of carbonyl (C=O) groups is 2. The molecule has 118 valence electrons. The Morgan fingerprint density at radius 2 is 1.71 bits per heavy atom. The van der Waals surface area contributed by atoms with E-state index < -0.39 is 11.9 Å². The number of carboxylic acids is 1. The van der Waals surface area contributed by atoms with E-state index >= 15 is 0 Å². The lowest BCUT2D eigenvalue weighted by molar-refractivity contribution is -0.145. The zero-order valence-corrected chi connectivity index (χ0v) is 12.5. The molecule has 0 heterocycles. The maximum Gasteiger partial charge on any atom is 0.308 e. The van der Waals surface area contributed by atoms with Gasteiger partial charge in [-0.15, -0.1) is 0 Å². The first-order chi connectivity index (χ1) is 10.1. The van der Waals surface area contributed by atoms with E-state index in [0.29, 0.717) is 5.92 Å². The molecule has 1 amide bonds. The van der Waals surface area contributed by atoms with Crippen LogP contribution in [0.3, 0.4) is 0 Å². The summed E-state index contributed by atoms with van der Waals surface area (Å²) in [6.45, 7) is 0. The summed E-state index contributed by atoms with van der Waals surface area (Å²) >= 11 is 0. The van der Waals surface area contributed by atoms with Crippen LogP contribution in [0.2, 0.25) is 0 Å². The molecule has 0 aromatic carbocycles. The highest BCUT2D eigenvalue weighted by molar-refractivity contribution is 5.81.